The van der Waals surface area contributed by atoms with Gasteiger partial charge in [-0.25, -0.2) is 19.4 Å². The van der Waals surface area contributed by atoms with Gasteiger partial charge in [0.2, 0.25) is 5.60 Å². The molecular formula is C55H53N5O10S2. The molecule has 0 saturated carbocycles. The van der Waals surface area contributed by atoms with Crippen LogP contribution in [0.4, 0.5) is 5.13 Å². The predicted molar refractivity (Wildman–Crippen MR) is 274 cm³/mol. The van der Waals surface area contributed by atoms with Crippen LogP contribution in [0, 0.1) is 0 Å². The first-order valence-electron chi connectivity index (χ1n) is 23.0. The highest BCUT2D eigenvalue weighted by molar-refractivity contribution is 8.00. The maximum atomic E-state index is 14.5. The zero-order chi connectivity index (χ0) is 51.2. The van der Waals surface area contributed by atoms with E-state index in [0.717, 1.165) is 22.3 Å². The van der Waals surface area contributed by atoms with Crippen LogP contribution in [-0.2, 0) is 52.1 Å². The Morgan fingerprint density at radius 3 is 1.90 bits per heavy atom. The van der Waals surface area contributed by atoms with Crippen LogP contribution in [0.5, 0.6) is 5.75 Å². The summed E-state index contributed by atoms with van der Waals surface area (Å²) >= 11 is 2.51. The van der Waals surface area contributed by atoms with Crippen molar-refractivity contribution in [3.63, 3.8) is 0 Å². The number of carbonyl (C=O) groups excluding carboxylic acids is 4. The van der Waals surface area contributed by atoms with Gasteiger partial charge in [-0.1, -0.05) is 120 Å². The Kier molecular flexibility index (Phi) is 15.0. The number of fused-ring (bicyclic) bond motifs is 1. The van der Waals surface area contributed by atoms with Crippen molar-refractivity contribution in [2.75, 3.05) is 18.2 Å². The number of aromatic nitrogens is 1. The van der Waals surface area contributed by atoms with Gasteiger partial charge in [0.1, 0.15) is 46.3 Å². The van der Waals surface area contributed by atoms with Crippen molar-refractivity contribution >= 4 is 63.7 Å². The minimum Gasteiger partial charge on any atom is -0.497 e. The van der Waals surface area contributed by atoms with Crippen LogP contribution in [-0.4, -0.2) is 85.9 Å². The normalized spacial score (nSPS) is 15.9. The molecule has 0 bridgehead atoms. The number of aliphatic carboxylic acids is 1. The number of thiazole rings is 1. The number of thioether (sulfide) groups is 1. The predicted octanol–water partition coefficient (Wildman–Crippen LogP) is 8.74. The number of carboxylic acid groups (broad SMARTS) is 1. The van der Waals surface area contributed by atoms with Gasteiger partial charge in [-0.2, -0.15) is 0 Å². The van der Waals surface area contributed by atoms with Crippen LogP contribution in [0.2, 0.25) is 0 Å². The molecule has 0 spiro atoms. The lowest BCUT2D eigenvalue weighted by atomic mass is 9.77. The molecule has 17 heteroatoms. The van der Waals surface area contributed by atoms with Crippen LogP contribution in [0.1, 0.15) is 78.5 Å². The summed E-state index contributed by atoms with van der Waals surface area (Å²) in [6.45, 7) is 8.13. The van der Waals surface area contributed by atoms with E-state index in [4.69, 9.17) is 24.0 Å². The van der Waals surface area contributed by atoms with Crippen LogP contribution in [0.15, 0.2) is 161 Å². The number of oxime groups is 1. The summed E-state index contributed by atoms with van der Waals surface area (Å²) in [7, 11) is 1.57. The van der Waals surface area contributed by atoms with E-state index in [1.54, 1.807) is 81.8 Å². The molecule has 15 nitrogen and oxygen atoms in total. The molecule has 6 aromatic rings. The number of hydrogen-bond acceptors (Lipinski definition) is 14. The molecule has 2 atom stereocenters. The van der Waals surface area contributed by atoms with Crippen molar-refractivity contribution in [2.24, 2.45) is 5.16 Å². The average molecular weight is 1010 g/mol. The SMILES string of the molecule is COc1ccc(COC(=O)c2ccc(CC3=C(C(=O)O)N4C(=O)C(NC(=O)/C(=N\OC(C)(C)C(=O)OC(C)(C)C)c5csc(NC(c6ccccc6)(c6ccccc6)c6ccccc6)n5)[C@@H]4SC3)cc2)cc1. The second-order valence-electron chi connectivity index (χ2n) is 18.5. The van der Waals surface area contributed by atoms with E-state index in [0.29, 0.717) is 27.6 Å². The van der Waals surface area contributed by atoms with Gasteiger partial charge >= 0.3 is 17.9 Å². The highest BCUT2D eigenvalue weighted by Gasteiger charge is 2.54. The van der Waals surface area contributed by atoms with Gasteiger partial charge in [-0.15, -0.1) is 23.1 Å². The van der Waals surface area contributed by atoms with Crippen LogP contribution < -0.4 is 15.4 Å². The Hall–Kier alpha value is -7.76. The van der Waals surface area contributed by atoms with Gasteiger partial charge < -0.3 is 34.8 Å². The Morgan fingerprint density at radius 1 is 0.792 bits per heavy atom. The molecule has 2 amide bonds. The lowest BCUT2D eigenvalue weighted by Crippen LogP contribution is -2.71. The van der Waals surface area contributed by atoms with Crippen LogP contribution in [0.25, 0.3) is 0 Å². The Labute approximate surface area is 425 Å². The summed E-state index contributed by atoms with van der Waals surface area (Å²) in [5.74, 6) is -3.12. The molecule has 72 heavy (non-hydrogen) atoms. The first-order valence-corrected chi connectivity index (χ1v) is 24.9. The smallest absolute Gasteiger partial charge is 0.353 e. The minimum atomic E-state index is -1.67. The second-order valence-corrected chi connectivity index (χ2v) is 20.4. The largest absolute Gasteiger partial charge is 0.497 e. The quantitative estimate of drug-likeness (QED) is 0.0243. The Morgan fingerprint density at radius 2 is 1.36 bits per heavy atom. The van der Waals surface area contributed by atoms with Gasteiger partial charge in [-0.05, 0) is 98.7 Å². The van der Waals surface area contributed by atoms with E-state index in [1.807, 2.05) is 91.0 Å². The second kappa shape index (κ2) is 21.3. The van der Waals surface area contributed by atoms with E-state index in [2.05, 4.69) is 15.8 Å². The molecule has 1 unspecified atom stereocenters. The van der Waals surface area contributed by atoms with Crippen LogP contribution >= 0.6 is 23.1 Å². The third-order valence-electron chi connectivity index (χ3n) is 11.8. The maximum Gasteiger partial charge on any atom is 0.353 e. The van der Waals surface area contributed by atoms with Gasteiger partial charge in [0, 0.05) is 11.1 Å². The molecule has 2 aliphatic rings. The van der Waals surface area contributed by atoms with E-state index in [1.165, 1.54) is 41.8 Å². The molecule has 370 valence electrons. The number of esters is 2. The van der Waals surface area contributed by atoms with Gasteiger partial charge in [0.05, 0.1) is 12.7 Å². The minimum absolute atomic E-state index is 0.0702. The molecule has 2 aliphatic heterocycles. The molecule has 3 heterocycles. The van der Waals surface area contributed by atoms with E-state index in [9.17, 15) is 29.1 Å². The fourth-order valence-corrected chi connectivity index (χ4v) is 10.3. The fourth-order valence-electron chi connectivity index (χ4n) is 8.17. The lowest BCUT2D eigenvalue weighted by Gasteiger charge is -2.49. The summed E-state index contributed by atoms with van der Waals surface area (Å²) in [6.07, 6.45) is 0.186. The first kappa shape index (κ1) is 50.6. The summed E-state index contributed by atoms with van der Waals surface area (Å²) in [6, 6.07) is 42.4. The highest BCUT2D eigenvalue weighted by Crippen LogP contribution is 2.43. The number of β-lactam (4-membered cyclic amide) rings is 1. The van der Waals surface area contributed by atoms with Gasteiger partial charge in [0.15, 0.2) is 10.8 Å². The Bertz CT molecular complexity index is 2910. The number of hydrogen-bond donors (Lipinski definition) is 3. The molecule has 5 aromatic carbocycles. The van der Waals surface area contributed by atoms with Crippen LogP contribution in [0.3, 0.4) is 0 Å². The topological polar surface area (TPSA) is 195 Å². The molecular weight excluding hydrogens is 955 g/mol. The molecule has 0 radical (unpaired) electrons. The number of methoxy groups -OCH3 is 1. The molecule has 0 aliphatic carbocycles. The highest BCUT2D eigenvalue weighted by atomic mass is 32.2. The number of benzene rings is 5. The number of ether oxygens (including phenoxy) is 3. The third-order valence-corrected chi connectivity index (χ3v) is 13.9. The average Bonchev–Trinajstić information content (AvgIpc) is 3.84. The summed E-state index contributed by atoms with van der Waals surface area (Å²) in [5, 5.41) is 22.5. The standard InChI is InChI=1S/C55H53N5O10S2/c1-53(2,3)69-51(66)54(4,5)70-59-43(42-33-72-52(56-42)58-55(38-16-10-7-11-17-38,39-18-12-8-13-19-39)40-20-14-9-15-21-40)46(61)57-44-47(62)60-45(49(63)64)37(32-71-48(44)60)30-34-22-26-36(27-23-34)50(65)68-31-35-24-28-41(67-6)29-25-35/h7-29,33,44,48H,30-32H2,1-6H3,(H,56,58)(H,57,61)(H,63,64)/b59-43-/t44?,48-/m0/s1. The number of amides is 2. The molecule has 1 aromatic heterocycles. The van der Waals surface area contributed by atoms with Gasteiger partial charge in [0.25, 0.3) is 11.8 Å². The summed E-state index contributed by atoms with van der Waals surface area (Å²) in [4.78, 5) is 79.4. The number of carbonyl (C=O) groups is 5. The van der Waals surface area contributed by atoms with Crippen molar-refractivity contribution in [2.45, 2.75) is 75.8 Å². The number of rotatable bonds is 18. The van der Waals surface area contributed by atoms with E-state index < -0.39 is 57.9 Å². The van der Waals surface area contributed by atoms with E-state index in [-0.39, 0.29) is 35.9 Å². The van der Waals surface area contributed by atoms with Crippen molar-refractivity contribution in [1.29, 1.82) is 0 Å². The third kappa shape index (κ3) is 11.1. The molecule has 1 saturated heterocycles. The van der Waals surface area contributed by atoms with Gasteiger partial charge in [-0.3, -0.25) is 14.5 Å². The number of anilines is 1. The fraction of sp³-hybridized carbons (Fsp3) is 0.255. The zero-order valence-corrected chi connectivity index (χ0v) is 42.0. The number of carboxylic acids is 1. The number of nitrogens with one attached hydrogen (secondary N) is 2. The zero-order valence-electron chi connectivity index (χ0n) is 40.4. The van der Waals surface area contributed by atoms with Crippen molar-refractivity contribution < 1.29 is 48.1 Å². The number of nitrogens with zero attached hydrogens (tertiary/aromatic N) is 3. The molecule has 8 rings (SSSR count). The van der Waals surface area contributed by atoms with E-state index >= 15 is 0 Å². The summed E-state index contributed by atoms with van der Waals surface area (Å²) < 4.78 is 16.2. The van der Waals surface area contributed by atoms with Crippen molar-refractivity contribution in [3.8, 4) is 5.75 Å². The monoisotopic (exact) mass is 1010 g/mol. The van der Waals surface area contributed by atoms with Crippen molar-refractivity contribution in [1.82, 2.24) is 15.2 Å². The first-order chi connectivity index (χ1) is 34.5. The lowest BCUT2D eigenvalue weighted by molar-refractivity contribution is -0.179. The summed E-state index contributed by atoms with van der Waals surface area (Å²) in [5.41, 5.74) is 1.15. The molecule has 1 fully saturated rings. The van der Waals surface area contributed by atoms with Crippen molar-refractivity contribution in [3.05, 3.63) is 195 Å². The Balaban J connectivity index is 1.03. The molecule has 3 N–H and O–H groups in total. The maximum absolute atomic E-state index is 14.5.